The molecule has 1 fully saturated rings. The predicted octanol–water partition coefficient (Wildman–Crippen LogP) is 2.32. The summed E-state index contributed by atoms with van der Waals surface area (Å²) in [6.45, 7) is 2.15. The van der Waals surface area contributed by atoms with E-state index in [1.165, 1.54) is 0 Å². The van der Waals surface area contributed by atoms with Crippen LogP contribution in [0, 0.1) is 0 Å². The molecule has 4 nitrogen and oxygen atoms in total. The van der Waals surface area contributed by atoms with Gasteiger partial charge in [0.15, 0.2) is 0 Å². The van der Waals surface area contributed by atoms with E-state index in [1.807, 2.05) is 5.10 Å². The Morgan fingerprint density at radius 3 is 1.57 bits per heavy atom. The van der Waals surface area contributed by atoms with Crippen molar-refractivity contribution in [3.63, 3.8) is 0 Å². The van der Waals surface area contributed by atoms with E-state index < -0.39 is 40.6 Å². The number of nitrogens with zero attached hydrogens (tertiary/aromatic N) is 3. The first-order valence-corrected chi connectivity index (χ1v) is 4.59. The van der Waals surface area contributed by atoms with Crippen molar-refractivity contribution < 1.29 is 43.9 Å². The first-order valence-electron chi connectivity index (χ1n) is 4.59. The quantitative estimate of drug-likeness (QED) is 0.263. The van der Waals surface area contributed by atoms with E-state index in [9.17, 15) is 43.9 Å². The number of rotatable bonds is 1. The fraction of sp³-hybridized carbons (Fsp3) is 0.714. The second kappa shape index (κ2) is 4.13. The fourth-order valence-electron chi connectivity index (χ4n) is 1.41. The third-order valence-corrected chi connectivity index (χ3v) is 2.57. The Kier molecular flexibility index (Phi) is 3.40. The van der Waals surface area contributed by atoms with Crippen LogP contribution in [0.2, 0.25) is 0 Å². The molecule has 0 bridgehead atoms. The molecule has 1 rings (SSSR count). The van der Waals surface area contributed by atoms with Gasteiger partial charge in [-0.15, -0.1) is 0 Å². The van der Waals surface area contributed by atoms with Gasteiger partial charge in [0.1, 0.15) is 0 Å². The molecule has 2 N–H and O–H groups in total. The average molecular weight is 334 g/mol. The Morgan fingerprint density at radius 1 is 0.810 bits per heavy atom. The Hall–Kier alpha value is -1.76. The molecule has 1 saturated heterocycles. The third-order valence-electron chi connectivity index (χ3n) is 2.57. The minimum absolute atomic E-state index is 1.77. The second-order valence-corrected chi connectivity index (χ2v) is 3.74. The number of hydrogen-bond acceptors (Lipinski definition) is 3. The van der Waals surface area contributed by atoms with Crippen LogP contribution < -0.4 is 5.84 Å². The molecule has 0 saturated carbocycles. The molecule has 1 aliphatic heterocycles. The molecule has 122 valence electrons. The first-order chi connectivity index (χ1) is 9.14. The van der Waals surface area contributed by atoms with Gasteiger partial charge in [-0.25, -0.2) is 0 Å². The minimum Gasteiger partial charge on any atom is -0.321 e. The smallest absolute Gasteiger partial charge is 0.321 e. The number of hydrogen-bond donors (Lipinski definition) is 1. The molecule has 0 radical (unpaired) electrons. The molecule has 0 atom stereocenters. The second-order valence-electron chi connectivity index (χ2n) is 3.74. The van der Waals surface area contributed by atoms with Gasteiger partial charge in [-0.1, -0.05) is 0 Å². The minimum atomic E-state index is -7.15. The Balaban J connectivity index is 3.90. The van der Waals surface area contributed by atoms with Crippen LogP contribution in [-0.2, 0) is 0 Å². The van der Waals surface area contributed by atoms with E-state index in [-0.39, 0.29) is 0 Å². The van der Waals surface area contributed by atoms with Crippen molar-refractivity contribution >= 4 is 12.6 Å². The molecule has 1 aliphatic rings. The average Bonchev–Trinajstić information content (AvgIpc) is 2.34. The lowest BCUT2D eigenvalue weighted by atomic mass is 9.99. The van der Waals surface area contributed by atoms with Crippen molar-refractivity contribution in [2.24, 2.45) is 16.0 Å². The highest BCUT2D eigenvalue weighted by Crippen LogP contribution is 2.61. The summed E-state index contributed by atoms with van der Waals surface area (Å²) in [5.74, 6) is -26.2. The zero-order valence-electron chi connectivity index (χ0n) is 9.41. The molecule has 0 aliphatic carbocycles. The summed E-state index contributed by atoms with van der Waals surface area (Å²) >= 11 is 0. The SMILES string of the molecule is C=NN1/C(=N\N)C(F)(F)C(F)(F)C(F)(F)C(F)(F)C1(F)F. The summed E-state index contributed by atoms with van der Waals surface area (Å²) in [5.41, 5.74) is 0. The van der Waals surface area contributed by atoms with E-state index >= 15 is 0 Å². The predicted molar refractivity (Wildman–Crippen MR) is 47.7 cm³/mol. The van der Waals surface area contributed by atoms with Gasteiger partial charge in [-0.3, -0.25) is 0 Å². The zero-order chi connectivity index (χ0) is 17.1. The lowest BCUT2D eigenvalue weighted by Gasteiger charge is -2.34. The lowest BCUT2D eigenvalue weighted by Crippen LogP contribution is -2.65. The van der Waals surface area contributed by atoms with Crippen LogP contribution in [0.25, 0.3) is 0 Å². The highest BCUT2D eigenvalue weighted by Gasteiger charge is 2.92. The van der Waals surface area contributed by atoms with Crippen molar-refractivity contribution in [3.8, 4) is 0 Å². The number of hydrazone groups is 2. The third kappa shape index (κ3) is 1.64. The molecular weight excluding hydrogens is 330 g/mol. The zero-order valence-corrected chi connectivity index (χ0v) is 9.41. The lowest BCUT2D eigenvalue weighted by molar-refractivity contribution is -0.395. The fourth-order valence-corrected chi connectivity index (χ4v) is 1.41. The summed E-state index contributed by atoms with van der Waals surface area (Å²) < 4.78 is 131. The molecule has 0 amide bonds. The standard InChI is InChI=1S/C7H4F10N4/c1-19-21-2(20-18)3(8,9)4(10,11)5(12,13)6(14,15)7(21,16)17/h1,18H2/b20-2-. The highest BCUT2D eigenvalue weighted by molar-refractivity contribution is 5.91. The summed E-state index contributed by atoms with van der Waals surface area (Å²) in [6, 6.07) is -6.31. The van der Waals surface area contributed by atoms with Gasteiger partial charge in [0.05, 0.1) is 0 Å². The van der Waals surface area contributed by atoms with E-state index in [1.54, 1.807) is 5.10 Å². The molecule has 0 aromatic carbocycles. The van der Waals surface area contributed by atoms with Crippen molar-refractivity contribution in [2.45, 2.75) is 29.7 Å². The molecule has 0 aromatic rings. The Labute approximate surface area is 108 Å². The van der Waals surface area contributed by atoms with Gasteiger partial charge in [0, 0.05) is 6.72 Å². The number of halogens is 10. The highest BCUT2D eigenvalue weighted by atomic mass is 19.4. The Morgan fingerprint density at radius 2 is 1.24 bits per heavy atom. The maximum Gasteiger partial charge on any atom is 0.414 e. The van der Waals surface area contributed by atoms with Gasteiger partial charge in [0.2, 0.25) is 5.84 Å². The van der Waals surface area contributed by atoms with Crippen LogP contribution in [-0.4, -0.2) is 47.3 Å². The summed E-state index contributed by atoms with van der Waals surface area (Å²) in [5, 5.41) is 1.84. The van der Waals surface area contributed by atoms with Gasteiger partial charge in [0.25, 0.3) is 0 Å². The molecule has 0 unspecified atom stereocenters. The van der Waals surface area contributed by atoms with Crippen molar-refractivity contribution in [1.29, 1.82) is 0 Å². The van der Waals surface area contributed by atoms with E-state index in [2.05, 4.69) is 12.6 Å². The van der Waals surface area contributed by atoms with Crippen LogP contribution in [0.1, 0.15) is 0 Å². The van der Waals surface area contributed by atoms with E-state index in [0.717, 1.165) is 0 Å². The number of amidine groups is 1. The monoisotopic (exact) mass is 334 g/mol. The number of alkyl halides is 10. The van der Waals surface area contributed by atoms with Crippen LogP contribution >= 0.6 is 0 Å². The van der Waals surface area contributed by atoms with Crippen molar-refractivity contribution in [3.05, 3.63) is 0 Å². The largest absolute Gasteiger partial charge is 0.414 e. The molecule has 14 heteroatoms. The van der Waals surface area contributed by atoms with E-state index in [0.29, 0.717) is 0 Å². The van der Waals surface area contributed by atoms with Gasteiger partial charge in [-0.05, 0) is 0 Å². The molecule has 1 heterocycles. The summed E-state index contributed by atoms with van der Waals surface area (Å²) in [4.78, 5) is 0. The van der Waals surface area contributed by atoms with E-state index in [4.69, 9.17) is 0 Å². The molecule has 21 heavy (non-hydrogen) atoms. The van der Waals surface area contributed by atoms with Crippen LogP contribution in [0.5, 0.6) is 0 Å². The Bertz CT molecular complexity index is 484. The van der Waals surface area contributed by atoms with Crippen molar-refractivity contribution in [1.82, 2.24) is 5.01 Å². The maximum absolute atomic E-state index is 13.3. The topological polar surface area (TPSA) is 54.0 Å². The maximum atomic E-state index is 13.3. The summed E-state index contributed by atoms with van der Waals surface area (Å²) in [7, 11) is 0. The van der Waals surface area contributed by atoms with Gasteiger partial charge in [-0.2, -0.15) is 59.1 Å². The van der Waals surface area contributed by atoms with Crippen LogP contribution in [0.3, 0.4) is 0 Å². The molecular formula is C7H4F10N4. The molecule has 0 spiro atoms. The van der Waals surface area contributed by atoms with Gasteiger partial charge < -0.3 is 5.84 Å². The normalized spacial score (nSPS) is 30.8. The van der Waals surface area contributed by atoms with Crippen LogP contribution in [0.15, 0.2) is 10.2 Å². The first kappa shape index (κ1) is 17.3. The summed E-state index contributed by atoms with van der Waals surface area (Å²) in [6.07, 6.45) is 0. The van der Waals surface area contributed by atoms with Gasteiger partial charge >= 0.3 is 29.7 Å². The van der Waals surface area contributed by atoms with Crippen molar-refractivity contribution in [2.75, 3.05) is 0 Å². The molecule has 0 aromatic heterocycles. The van der Waals surface area contributed by atoms with Crippen LogP contribution in [0.4, 0.5) is 43.9 Å². The number of nitrogens with two attached hydrogens (primary N) is 1.